The van der Waals surface area contributed by atoms with Gasteiger partial charge in [0.15, 0.2) is 0 Å². The van der Waals surface area contributed by atoms with Crippen LogP contribution in [0.25, 0.3) is 6.08 Å². The summed E-state index contributed by atoms with van der Waals surface area (Å²) in [5, 5.41) is 4.35. The van der Waals surface area contributed by atoms with Crippen LogP contribution in [0.1, 0.15) is 23.9 Å². The number of nitrogens with zero attached hydrogens (tertiary/aromatic N) is 4. The van der Waals surface area contributed by atoms with Gasteiger partial charge in [-0.05, 0) is 26.8 Å². The lowest BCUT2D eigenvalue weighted by molar-refractivity contribution is -0.134. The second-order valence-electron chi connectivity index (χ2n) is 4.97. The molecule has 0 atom stereocenters. The van der Waals surface area contributed by atoms with E-state index in [1.807, 2.05) is 20.8 Å². The highest BCUT2D eigenvalue weighted by molar-refractivity contribution is 6.30. The monoisotopic (exact) mass is 290 g/mol. The van der Waals surface area contributed by atoms with Crippen molar-refractivity contribution in [3.63, 3.8) is 0 Å². The molecule has 21 heavy (non-hydrogen) atoms. The minimum atomic E-state index is -0.625. The molecule has 0 N–H and O–H groups in total. The van der Waals surface area contributed by atoms with Crippen molar-refractivity contribution in [2.45, 2.75) is 27.3 Å². The summed E-state index contributed by atoms with van der Waals surface area (Å²) < 4.78 is 1.80. The minimum absolute atomic E-state index is 0.0264. The summed E-state index contributed by atoms with van der Waals surface area (Å²) in [6.45, 7) is 6.37. The second-order valence-corrected chi connectivity index (χ2v) is 4.97. The van der Waals surface area contributed by atoms with Crippen LogP contribution in [-0.2, 0) is 16.1 Å². The number of hydrogen-bond donors (Lipinski definition) is 0. The number of aromatic nitrogens is 2. The second kappa shape index (κ2) is 5.16. The molecule has 1 fully saturated rings. The molecule has 2 rings (SSSR count). The topological polar surface area (TPSA) is 75.5 Å². The summed E-state index contributed by atoms with van der Waals surface area (Å²) in [6, 6.07) is -0.625. The molecule has 0 bridgehead atoms. The number of aryl methyl sites for hydroxylation is 2. The number of hydrogen-bond acceptors (Lipinski definition) is 4. The van der Waals surface area contributed by atoms with E-state index >= 15 is 0 Å². The molecule has 0 spiro atoms. The van der Waals surface area contributed by atoms with Gasteiger partial charge in [-0.25, -0.2) is 4.79 Å². The number of likely N-dealkylation sites (N-methyl/N-ethyl adjacent to an activating group) is 2. The molecule has 1 aliphatic heterocycles. The van der Waals surface area contributed by atoms with E-state index in [4.69, 9.17) is 0 Å². The zero-order valence-electron chi connectivity index (χ0n) is 12.8. The van der Waals surface area contributed by atoms with E-state index in [0.29, 0.717) is 6.54 Å². The number of urea groups is 1. The smallest absolute Gasteiger partial charge is 0.269 e. The van der Waals surface area contributed by atoms with E-state index in [2.05, 4.69) is 5.10 Å². The number of imide groups is 2. The third kappa shape index (κ3) is 2.24. The molecule has 7 nitrogen and oxygen atoms in total. The molecule has 0 unspecified atom stereocenters. The van der Waals surface area contributed by atoms with Crippen LogP contribution in [0.3, 0.4) is 0 Å². The molecule has 2 heterocycles. The lowest BCUT2D eigenvalue weighted by atomic mass is 10.1. The van der Waals surface area contributed by atoms with Crippen LogP contribution < -0.4 is 0 Å². The van der Waals surface area contributed by atoms with Gasteiger partial charge in [-0.15, -0.1) is 0 Å². The molecule has 4 amide bonds. The Morgan fingerprint density at radius 1 is 1.05 bits per heavy atom. The van der Waals surface area contributed by atoms with Crippen LogP contribution in [0.4, 0.5) is 4.79 Å². The van der Waals surface area contributed by atoms with Gasteiger partial charge in [0.25, 0.3) is 11.8 Å². The first-order chi connectivity index (χ1) is 9.79. The Morgan fingerprint density at radius 3 is 2.00 bits per heavy atom. The number of rotatable bonds is 2. The van der Waals surface area contributed by atoms with Crippen LogP contribution in [0.5, 0.6) is 0 Å². The Kier molecular flexibility index (Phi) is 3.67. The van der Waals surface area contributed by atoms with Crippen molar-refractivity contribution < 1.29 is 14.4 Å². The molecule has 7 heteroatoms. The van der Waals surface area contributed by atoms with E-state index in [1.54, 1.807) is 4.68 Å². The highest BCUT2D eigenvalue weighted by atomic mass is 16.2. The molecule has 1 aromatic rings. The highest BCUT2D eigenvalue weighted by Crippen LogP contribution is 2.21. The Balaban J connectivity index is 2.54. The molecule has 0 saturated carbocycles. The van der Waals surface area contributed by atoms with E-state index < -0.39 is 17.8 Å². The first-order valence-electron chi connectivity index (χ1n) is 6.65. The van der Waals surface area contributed by atoms with Crippen LogP contribution in [0, 0.1) is 13.8 Å². The van der Waals surface area contributed by atoms with Gasteiger partial charge >= 0.3 is 6.03 Å². The fraction of sp³-hybridized carbons (Fsp3) is 0.429. The SMILES string of the molecule is CCn1nc(C)c(C=C2C(=O)N(C)C(=O)N(C)C2=O)c1C. The number of amides is 4. The van der Waals surface area contributed by atoms with Gasteiger partial charge < -0.3 is 0 Å². The Labute approximate surface area is 122 Å². The maximum Gasteiger partial charge on any atom is 0.333 e. The van der Waals surface area contributed by atoms with Gasteiger partial charge in [0.05, 0.1) is 5.69 Å². The third-order valence-corrected chi connectivity index (χ3v) is 3.67. The normalized spacial score (nSPS) is 16.0. The zero-order valence-corrected chi connectivity index (χ0v) is 12.8. The Morgan fingerprint density at radius 2 is 1.57 bits per heavy atom. The van der Waals surface area contributed by atoms with Crippen molar-refractivity contribution in [1.29, 1.82) is 0 Å². The molecule has 1 aliphatic rings. The zero-order chi connectivity index (χ0) is 15.9. The van der Waals surface area contributed by atoms with Crippen molar-refractivity contribution >= 4 is 23.9 Å². The van der Waals surface area contributed by atoms with Gasteiger partial charge in [0.1, 0.15) is 5.57 Å². The van der Waals surface area contributed by atoms with E-state index in [9.17, 15) is 14.4 Å². The van der Waals surface area contributed by atoms with E-state index in [-0.39, 0.29) is 5.57 Å². The standard InChI is InChI=1S/C14H18N4O3/c1-6-18-9(3)10(8(2)15-18)7-11-12(19)16(4)14(21)17(5)13(11)20/h7H,6H2,1-5H3. The summed E-state index contributed by atoms with van der Waals surface area (Å²) in [7, 11) is 2.72. The summed E-state index contributed by atoms with van der Waals surface area (Å²) in [6.07, 6.45) is 1.52. The summed E-state index contributed by atoms with van der Waals surface area (Å²) >= 11 is 0. The quantitative estimate of drug-likeness (QED) is 0.600. The van der Waals surface area contributed by atoms with Crippen molar-refractivity contribution in [1.82, 2.24) is 19.6 Å². The average Bonchev–Trinajstić information content (AvgIpc) is 2.74. The number of carbonyl (C=O) groups excluding carboxylic acids is 3. The molecular weight excluding hydrogens is 272 g/mol. The molecular formula is C14H18N4O3. The van der Waals surface area contributed by atoms with E-state index in [0.717, 1.165) is 26.8 Å². The summed E-state index contributed by atoms with van der Waals surface area (Å²) in [5.74, 6) is -1.18. The van der Waals surface area contributed by atoms with Crippen LogP contribution in [0.15, 0.2) is 5.57 Å². The molecule has 1 saturated heterocycles. The number of carbonyl (C=O) groups is 3. The minimum Gasteiger partial charge on any atom is -0.269 e. The van der Waals surface area contributed by atoms with Crippen LogP contribution >= 0.6 is 0 Å². The molecule has 0 aromatic carbocycles. The lowest BCUT2D eigenvalue weighted by Crippen LogP contribution is -2.52. The van der Waals surface area contributed by atoms with Crippen molar-refractivity contribution in [3.05, 3.63) is 22.5 Å². The first kappa shape index (κ1) is 15.0. The first-order valence-corrected chi connectivity index (χ1v) is 6.65. The summed E-state index contributed by atoms with van der Waals surface area (Å²) in [4.78, 5) is 37.9. The average molecular weight is 290 g/mol. The maximum absolute atomic E-state index is 12.2. The Bertz CT molecular complexity index is 646. The van der Waals surface area contributed by atoms with Gasteiger partial charge in [-0.2, -0.15) is 5.10 Å². The van der Waals surface area contributed by atoms with E-state index in [1.165, 1.54) is 20.2 Å². The summed E-state index contributed by atoms with van der Waals surface area (Å²) in [5.41, 5.74) is 2.33. The van der Waals surface area contributed by atoms with Gasteiger partial charge in [-0.3, -0.25) is 24.1 Å². The molecule has 112 valence electrons. The Hall–Kier alpha value is -2.44. The molecule has 1 aromatic heterocycles. The van der Waals surface area contributed by atoms with Gasteiger partial charge in [0.2, 0.25) is 0 Å². The van der Waals surface area contributed by atoms with Crippen molar-refractivity contribution in [3.8, 4) is 0 Å². The highest BCUT2D eigenvalue weighted by Gasteiger charge is 2.38. The molecule has 0 aliphatic carbocycles. The number of barbiturate groups is 1. The lowest BCUT2D eigenvalue weighted by Gasteiger charge is -2.28. The fourth-order valence-corrected chi connectivity index (χ4v) is 2.35. The predicted molar refractivity (Wildman–Crippen MR) is 76.3 cm³/mol. The van der Waals surface area contributed by atoms with Gasteiger partial charge in [0, 0.05) is 31.9 Å². The predicted octanol–water partition coefficient (Wildman–Crippen LogP) is 0.954. The van der Waals surface area contributed by atoms with Crippen molar-refractivity contribution in [2.24, 2.45) is 0 Å². The maximum atomic E-state index is 12.2. The van der Waals surface area contributed by atoms with Crippen LogP contribution in [0.2, 0.25) is 0 Å². The van der Waals surface area contributed by atoms with Gasteiger partial charge in [-0.1, -0.05) is 0 Å². The fourth-order valence-electron chi connectivity index (χ4n) is 2.35. The van der Waals surface area contributed by atoms with Crippen LogP contribution in [-0.4, -0.2) is 51.5 Å². The molecule has 0 radical (unpaired) electrons. The third-order valence-electron chi connectivity index (χ3n) is 3.67. The largest absolute Gasteiger partial charge is 0.333 e. The van der Waals surface area contributed by atoms with Crippen molar-refractivity contribution in [2.75, 3.05) is 14.1 Å².